The van der Waals surface area contributed by atoms with Gasteiger partial charge in [-0.25, -0.2) is 0 Å². The van der Waals surface area contributed by atoms with Gasteiger partial charge in [-0.15, -0.1) is 0 Å². The molecule has 0 aromatic rings. The highest BCUT2D eigenvalue weighted by Gasteiger charge is 2.16. The second-order valence-corrected chi connectivity index (χ2v) is 4.95. The Bertz CT molecular complexity index is 83.7. The quantitative estimate of drug-likeness (QED) is 0.535. The minimum absolute atomic E-state index is 0.0186. The SMILES string of the molecule is CCOCC(C)([SiH3])OCC. The summed E-state index contributed by atoms with van der Waals surface area (Å²) in [6.45, 7) is 8.42. The number of rotatable bonds is 5. The summed E-state index contributed by atoms with van der Waals surface area (Å²) in [7, 11) is 1.02. The highest BCUT2D eigenvalue weighted by atomic mass is 28.1. The molecule has 1 unspecified atom stereocenters. The molecule has 2 nitrogen and oxygen atoms in total. The van der Waals surface area contributed by atoms with Crippen LogP contribution in [-0.2, 0) is 9.47 Å². The van der Waals surface area contributed by atoms with E-state index in [1.807, 2.05) is 13.8 Å². The zero-order valence-corrected chi connectivity index (χ0v) is 9.44. The second-order valence-electron chi connectivity index (χ2n) is 2.83. The topological polar surface area (TPSA) is 18.5 Å². The summed E-state index contributed by atoms with van der Waals surface area (Å²) in [4.78, 5) is 0. The summed E-state index contributed by atoms with van der Waals surface area (Å²) in [5.74, 6) is 0. The van der Waals surface area contributed by atoms with Crippen LogP contribution in [0.2, 0.25) is 0 Å². The van der Waals surface area contributed by atoms with Gasteiger partial charge in [0.25, 0.3) is 0 Å². The maximum Gasteiger partial charge on any atom is 0.0713 e. The molecule has 0 aliphatic carbocycles. The maximum absolute atomic E-state index is 5.47. The van der Waals surface area contributed by atoms with Crippen LogP contribution in [0.3, 0.4) is 0 Å². The fourth-order valence-corrected chi connectivity index (χ4v) is 1.27. The van der Waals surface area contributed by atoms with E-state index in [-0.39, 0.29) is 5.22 Å². The van der Waals surface area contributed by atoms with Crippen LogP contribution in [0.1, 0.15) is 20.8 Å². The lowest BCUT2D eigenvalue weighted by molar-refractivity contribution is -0.0265. The Kier molecular flexibility index (Phi) is 4.94. The van der Waals surface area contributed by atoms with E-state index in [0.717, 1.165) is 30.1 Å². The van der Waals surface area contributed by atoms with Crippen LogP contribution >= 0.6 is 0 Å². The average Bonchev–Trinajstić information content (AvgIpc) is 1.84. The minimum atomic E-state index is 0.0186. The molecule has 0 fully saturated rings. The van der Waals surface area contributed by atoms with Crippen LogP contribution in [0.5, 0.6) is 0 Å². The first-order chi connectivity index (χ1) is 4.62. The summed E-state index contributed by atoms with van der Waals surface area (Å²) in [5.41, 5.74) is 0. The van der Waals surface area contributed by atoms with E-state index in [0.29, 0.717) is 0 Å². The van der Waals surface area contributed by atoms with Crippen LogP contribution in [0, 0.1) is 0 Å². The van der Waals surface area contributed by atoms with Crippen molar-refractivity contribution in [2.24, 2.45) is 0 Å². The summed E-state index contributed by atoms with van der Waals surface area (Å²) in [6, 6.07) is 0. The third kappa shape index (κ3) is 4.96. The van der Waals surface area contributed by atoms with Gasteiger partial charge >= 0.3 is 0 Å². The monoisotopic (exact) mass is 162 g/mol. The van der Waals surface area contributed by atoms with Gasteiger partial charge in [-0.3, -0.25) is 0 Å². The van der Waals surface area contributed by atoms with E-state index in [4.69, 9.17) is 9.47 Å². The number of hydrogen-bond acceptors (Lipinski definition) is 2. The van der Waals surface area contributed by atoms with Crippen molar-refractivity contribution in [3.8, 4) is 0 Å². The van der Waals surface area contributed by atoms with Gasteiger partial charge in [-0.1, -0.05) is 0 Å². The van der Waals surface area contributed by atoms with Crippen molar-refractivity contribution in [2.75, 3.05) is 19.8 Å². The van der Waals surface area contributed by atoms with Crippen molar-refractivity contribution in [3.63, 3.8) is 0 Å². The van der Waals surface area contributed by atoms with E-state index in [2.05, 4.69) is 6.92 Å². The molecule has 0 aromatic carbocycles. The molecule has 3 heteroatoms. The fourth-order valence-electron chi connectivity index (χ4n) is 0.780. The van der Waals surface area contributed by atoms with Gasteiger partial charge in [-0.2, -0.15) is 0 Å². The van der Waals surface area contributed by atoms with Gasteiger partial charge < -0.3 is 9.47 Å². The molecule has 62 valence electrons. The first-order valence-corrected chi connectivity index (χ1v) is 4.84. The lowest BCUT2D eigenvalue weighted by Gasteiger charge is -2.23. The molecule has 0 heterocycles. The van der Waals surface area contributed by atoms with Crippen molar-refractivity contribution in [2.45, 2.75) is 26.0 Å². The lowest BCUT2D eigenvalue weighted by Crippen LogP contribution is -2.34. The highest BCUT2D eigenvalue weighted by molar-refractivity contribution is 6.14. The largest absolute Gasteiger partial charge is 0.379 e. The lowest BCUT2D eigenvalue weighted by atomic mass is 10.4. The minimum Gasteiger partial charge on any atom is -0.379 e. The molecule has 0 saturated heterocycles. The predicted octanol–water partition coefficient (Wildman–Crippen LogP) is 0.141. The molecule has 0 rings (SSSR count). The third-order valence-electron chi connectivity index (χ3n) is 1.19. The molecule has 0 amide bonds. The maximum atomic E-state index is 5.47. The first kappa shape index (κ1) is 10.1. The zero-order valence-electron chi connectivity index (χ0n) is 7.44. The summed E-state index contributed by atoms with van der Waals surface area (Å²) >= 11 is 0. The van der Waals surface area contributed by atoms with E-state index in [9.17, 15) is 0 Å². The molecule has 0 aliphatic rings. The van der Waals surface area contributed by atoms with Gasteiger partial charge in [0, 0.05) is 23.5 Å². The predicted molar refractivity (Wildman–Crippen MR) is 46.5 cm³/mol. The van der Waals surface area contributed by atoms with Crippen LogP contribution in [0.4, 0.5) is 0 Å². The molecular weight excluding hydrogens is 144 g/mol. The molecule has 0 aliphatic heterocycles. The molecule has 0 saturated carbocycles. The first-order valence-electron chi connectivity index (χ1n) is 3.84. The van der Waals surface area contributed by atoms with E-state index >= 15 is 0 Å². The van der Waals surface area contributed by atoms with E-state index in [1.54, 1.807) is 0 Å². The summed E-state index contributed by atoms with van der Waals surface area (Å²) in [5, 5.41) is 0.0186. The zero-order chi connectivity index (χ0) is 8.04. The molecular formula is C7H18O2Si. The Morgan fingerprint density at radius 2 is 1.90 bits per heavy atom. The molecule has 0 aromatic heterocycles. The normalized spacial score (nSPS) is 17.1. The smallest absolute Gasteiger partial charge is 0.0713 e. The third-order valence-corrected chi connectivity index (χ3v) is 1.77. The summed E-state index contributed by atoms with van der Waals surface area (Å²) < 4.78 is 10.7. The van der Waals surface area contributed by atoms with Crippen molar-refractivity contribution in [1.29, 1.82) is 0 Å². The molecule has 10 heavy (non-hydrogen) atoms. The van der Waals surface area contributed by atoms with Crippen molar-refractivity contribution in [3.05, 3.63) is 0 Å². The highest BCUT2D eigenvalue weighted by Crippen LogP contribution is 2.04. The molecule has 1 atom stereocenters. The Labute approximate surface area is 66.3 Å². The van der Waals surface area contributed by atoms with Crippen molar-refractivity contribution >= 4 is 10.2 Å². The van der Waals surface area contributed by atoms with Crippen LogP contribution in [0.25, 0.3) is 0 Å². The van der Waals surface area contributed by atoms with Gasteiger partial charge in [0.1, 0.15) is 0 Å². The molecule has 0 bridgehead atoms. The second kappa shape index (κ2) is 4.88. The Morgan fingerprint density at radius 1 is 1.30 bits per heavy atom. The average molecular weight is 162 g/mol. The van der Waals surface area contributed by atoms with Gasteiger partial charge in [0.15, 0.2) is 0 Å². The molecule has 0 radical (unpaired) electrons. The number of ether oxygens (including phenoxy) is 2. The Morgan fingerprint density at radius 3 is 2.30 bits per heavy atom. The van der Waals surface area contributed by atoms with Gasteiger partial charge in [0.2, 0.25) is 0 Å². The molecule has 0 spiro atoms. The summed E-state index contributed by atoms with van der Waals surface area (Å²) in [6.07, 6.45) is 0. The van der Waals surface area contributed by atoms with Crippen LogP contribution in [-0.4, -0.2) is 35.3 Å². The Balaban J connectivity index is 3.42. The van der Waals surface area contributed by atoms with E-state index < -0.39 is 0 Å². The van der Waals surface area contributed by atoms with Crippen molar-refractivity contribution in [1.82, 2.24) is 0 Å². The van der Waals surface area contributed by atoms with Crippen LogP contribution < -0.4 is 0 Å². The van der Waals surface area contributed by atoms with Gasteiger partial charge in [-0.05, 0) is 20.8 Å². The standard InChI is InChI=1S/C7H18O2Si/c1-4-8-6-7(3,10)9-5-2/h4-6H2,1-3,10H3. The van der Waals surface area contributed by atoms with Crippen molar-refractivity contribution < 1.29 is 9.47 Å². The van der Waals surface area contributed by atoms with Gasteiger partial charge in [0.05, 0.1) is 11.8 Å². The van der Waals surface area contributed by atoms with Crippen LogP contribution in [0.15, 0.2) is 0 Å². The van der Waals surface area contributed by atoms with E-state index in [1.165, 1.54) is 0 Å². The Hall–Kier alpha value is 0.137. The fraction of sp³-hybridized carbons (Fsp3) is 1.00. The number of hydrogen-bond donors (Lipinski definition) is 0. The molecule has 0 N–H and O–H groups in total.